The minimum absolute atomic E-state index is 0.0865. The predicted octanol–water partition coefficient (Wildman–Crippen LogP) is 2.89. The van der Waals surface area contributed by atoms with Crippen molar-refractivity contribution in [2.45, 2.75) is 71.7 Å². The first kappa shape index (κ1) is 15.3. The van der Waals surface area contributed by atoms with Crippen LogP contribution >= 0.6 is 0 Å². The molecule has 2 aliphatic heterocycles. The zero-order valence-corrected chi connectivity index (χ0v) is 14.3. The van der Waals surface area contributed by atoms with Gasteiger partial charge in [0.15, 0.2) is 0 Å². The molecule has 3 aliphatic rings. The van der Waals surface area contributed by atoms with Crippen LogP contribution < -0.4 is 0 Å². The van der Waals surface area contributed by atoms with E-state index in [4.69, 9.17) is 4.84 Å². The maximum absolute atomic E-state index is 12.9. The number of likely N-dealkylation sites (N-methyl/N-ethyl adjacent to an activating group) is 1. The Morgan fingerprint density at radius 2 is 1.90 bits per heavy atom. The standard InChI is InChI=1S/C17H30N2O2/c1-10(2)14-8-7-11(3)9-17(14)18(6)16(20)15-12(4)13(5)21-19(15)17/h10-15H,7-9H2,1-6H3/t11-,12+,13-,14+,15+,17+/m1/s1. The third-order valence-corrected chi connectivity index (χ3v) is 6.33. The van der Waals surface area contributed by atoms with Crippen molar-refractivity contribution in [3.63, 3.8) is 0 Å². The molecule has 21 heavy (non-hydrogen) atoms. The van der Waals surface area contributed by atoms with Crippen LogP contribution in [0.4, 0.5) is 0 Å². The molecule has 0 N–H and O–H groups in total. The Morgan fingerprint density at radius 1 is 1.24 bits per heavy atom. The fraction of sp³-hybridized carbons (Fsp3) is 0.941. The van der Waals surface area contributed by atoms with Crippen molar-refractivity contribution < 1.29 is 9.63 Å². The topological polar surface area (TPSA) is 32.8 Å². The van der Waals surface area contributed by atoms with E-state index in [0.717, 1.165) is 6.42 Å². The molecule has 1 aliphatic carbocycles. The molecule has 4 heteroatoms. The van der Waals surface area contributed by atoms with Gasteiger partial charge in [-0.15, -0.1) is 0 Å². The van der Waals surface area contributed by atoms with Gasteiger partial charge in [-0.1, -0.05) is 34.1 Å². The third-order valence-electron chi connectivity index (χ3n) is 6.33. The molecule has 2 heterocycles. The van der Waals surface area contributed by atoms with Crippen molar-refractivity contribution >= 4 is 5.91 Å². The van der Waals surface area contributed by atoms with Crippen molar-refractivity contribution in [2.75, 3.05) is 7.05 Å². The highest BCUT2D eigenvalue weighted by Crippen LogP contribution is 2.53. The number of carbonyl (C=O) groups excluding carboxylic acids is 1. The van der Waals surface area contributed by atoms with Crippen LogP contribution in [0.3, 0.4) is 0 Å². The van der Waals surface area contributed by atoms with E-state index in [-0.39, 0.29) is 29.6 Å². The van der Waals surface area contributed by atoms with Crippen LogP contribution in [0.2, 0.25) is 0 Å². The highest BCUT2D eigenvalue weighted by atomic mass is 16.7. The smallest absolute Gasteiger partial charge is 0.244 e. The van der Waals surface area contributed by atoms with E-state index >= 15 is 0 Å². The molecule has 0 aromatic rings. The Kier molecular flexibility index (Phi) is 3.61. The molecule has 0 aromatic carbocycles. The number of carbonyl (C=O) groups is 1. The van der Waals surface area contributed by atoms with Crippen LogP contribution in [0, 0.1) is 23.7 Å². The highest BCUT2D eigenvalue weighted by molar-refractivity contribution is 5.85. The Morgan fingerprint density at radius 3 is 2.52 bits per heavy atom. The number of hydroxylamine groups is 2. The quantitative estimate of drug-likeness (QED) is 0.745. The van der Waals surface area contributed by atoms with Gasteiger partial charge in [0, 0.05) is 18.9 Å². The minimum Gasteiger partial charge on any atom is -0.323 e. The number of hydrogen-bond donors (Lipinski definition) is 0. The summed E-state index contributed by atoms with van der Waals surface area (Å²) in [7, 11) is 1.99. The Bertz CT molecular complexity index is 439. The van der Waals surface area contributed by atoms with E-state index in [1.165, 1.54) is 12.8 Å². The van der Waals surface area contributed by atoms with E-state index < -0.39 is 0 Å². The number of fused-ring (bicyclic) bond motifs is 2. The monoisotopic (exact) mass is 294 g/mol. The lowest BCUT2D eigenvalue weighted by atomic mass is 9.69. The van der Waals surface area contributed by atoms with E-state index in [1.54, 1.807) is 0 Å². The van der Waals surface area contributed by atoms with Crippen LogP contribution in [0.5, 0.6) is 0 Å². The number of hydrogen-bond acceptors (Lipinski definition) is 3. The van der Waals surface area contributed by atoms with Crippen molar-refractivity contribution in [1.82, 2.24) is 9.96 Å². The molecule has 0 bridgehead atoms. The minimum atomic E-state index is -0.230. The fourth-order valence-corrected chi connectivity index (χ4v) is 4.97. The van der Waals surface area contributed by atoms with Gasteiger partial charge in [0.1, 0.15) is 11.7 Å². The fourth-order valence-electron chi connectivity index (χ4n) is 4.97. The highest BCUT2D eigenvalue weighted by Gasteiger charge is 2.66. The summed E-state index contributed by atoms with van der Waals surface area (Å²) in [5, 5.41) is 2.12. The molecule has 0 radical (unpaired) electrons. The maximum Gasteiger partial charge on any atom is 0.244 e. The van der Waals surface area contributed by atoms with Crippen molar-refractivity contribution in [3.8, 4) is 0 Å². The first-order valence-corrected chi connectivity index (χ1v) is 8.54. The summed E-state index contributed by atoms with van der Waals surface area (Å²) in [6.45, 7) is 11.1. The molecule has 1 spiro atoms. The molecular weight excluding hydrogens is 264 g/mol. The van der Waals surface area contributed by atoms with Gasteiger partial charge in [-0.05, 0) is 31.6 Å². The lowest BCUT2D eigenvalue weighted by Crippen LogP contribution is -2.61. The summed E-state index contributed by atoms with van der Waals surface area (Å²) in [5.41, 5.74) is -0.230. The summed E-state index contributed by atoms with van der Waals surface area (Å²) in [4.78, 5) is 21.2. The molecule has 0 unspecified atom stereocenters. The van der Waals surface area contributed by atoms with E-state index in [1.807, 2.05) is 11.9 Å². The molecule has 0 aromatic heterocycles. The number of nitrogens with zero attached hydrogens (tertiary/aromatic N) is 2. The zero-order valence-electron chi connectivity index (χ0n) is 14.3. The molecule has 3 fully saturated rings. The number of amides is 1. The van der Waals surface area contributed by atoms with Crippen molar-refractivity contribution in [1.29, 1.82) is 0 Å². The lowest BCUT2D eigenvalue weighted by molar-refractivity contribution is -0.261. The number of rotatable bonds is 1. The largest absolute Gasteiger partial charge is 0.323 e. The van der Waals surface area contributed by atoms with E-state index in [0.29, 0.717) is 17.8 Å². The molecule has 1 saturated carbocycles. The van der Waals surface area contributed by atoms with Crippen molar-refractivity contribution in [3.05, 3.63) is 0 Å². The first-order chi connectivity index (χ1) is 9.80. The van der Waals surface area contributed by atoms with Crippen molar-refractivity contribution in [2.24, 2.45) is 23.7 Å². The molecule has 2 saturated heterocycles. The average molecular weight is 294 g/mol. The van der Waals surface area contributed by atoms with Gasteiger partial charge in [0.2, 0.25) is 5.91 Å². The van der Waals surface area contributed by atoms with Crippen LogP contribution in [0.25, 0.3) is 0 Å². The Hall–Kier alpha value is -0.610. The van der Waals surface area contributed by atoms with Crippen LogP contribution in [-0.4, -0.2) is 40.7 Å². The summed E-state index contributed by atoms with van der Waals surface area (Å²) >= 11 is 0. The second-order valence-corrected chi connectivity index (χ2v) is 7.95. The Labute approximate surface area is 128 Å². The van der Waals surface area contributed by atoms with Gasteiger partial charge < -0.3 is 4.90 Å². The second kappa shape index (κ2) is 4.95. The molecule has 3 rings (SSSR count). The maximum atomic E-state index is 12.9. The SMILES string of the molecule is CC(C)[C@@H]1CC[C@@H](C)C[C@@]12N(C)C(=O)[C@@H]1[C@@H](C)[C@@H](C)ON12. The van der Waals surface area contributed by atoms with Crippen LogP contribution in [0.15, 0.2) is 0 Å². The molecule has 6 atom stereocenters. The average Bonchev–Trinajstić information content (AvgIpc) is 2.81. The lowest BCUT2D eigenvalue weighted by Gasteiger charge is -2.52. The van der Waals surface area contributed by atoms with E-state index in [2.05, 4.69) is 39.7 Å². The summed E-state index contributed by atoms with van der Waals surface area (Å²) in [6.07, 6.45) is 3.62. The predicted molar refractivity (Wildman–Crippen MR) is 82.2 cm³/mol. The first-order valence-electron chi connectivity index (χ1n) is 8.54. The summed E-state index contributed by atoms with van der Waals surface area (Å²) in [6, 6.07) is -0.0865. The third kappa shape index (κ3) is 1.91. The summed E-state index contributed by atoms with van der Waals surface area (Å²) < 4.78 is 0. The van der Waals surface area contributed by atoms with Crippen LogP contribution in [0.1, 0.15) is 53.9 Å². The molecule has 1 amide bonds. The summed E-state index contributed by atoms with van der Waals surface area (Å²) in [5.74, 6) is 2.21. The molecule has 4 nitrogen and oxygen atoms in total. The van der Waals surface area contributed by atoms with Crippen LogP contribution in [-0.2, 0) is 9.63 Å². The van der Waals surface area contributed by atoms with Gasteiger partial charge >= 0.3 is 0 Å². The van der Waals surface area contributed by atoms with Gasteiger partial charge in [0.05, 0.1) is 6.10 Å². The van der Waals surface area contributed by atoms with Gasteiger partial charge in [-0.3, -0.25) is 9.63 Å². The molecule has 120 valence electrons. The zero-order chi connectivity index (χ0) is 15.5. The Balaban J connectivity index is 2.06. The second-order valence-electron chi connectivity index (χ2n) is 7.95. The van der Waals surface area contributed by atoms with Gasteiger partial charge in [-0.25, -0.2) is 0 Å². The van der Waals surface area contributed by atoms with E-state index in [9.17, 15) is 4.79 Å². The van der Waals surface area contributed by atoms with Gasteiger partial charge in [-0.2, -0.15) is 5.06 Å². The van der Waals surface area contributed by atoms with Gasteiger partial charge in [0.25, 0.3) is 0 Å². The molecular formula is C17H30N2O2. The normalized spacial score (nSPS) is 47.7.